The Morgan fingerprint density at radius 3 is 1.38 bits per heavy atom. The summed E-state index contributed by atoms with van der Waals surface area (Å²) in [4.78, 5) is 1.33. The van der Waals surface area contributed by atoms with Crippen molar-refractivity contribution in [3.8, 4) is 44.5 Å². The minimum absolute atomic E-state index is 0.119. The highest BCUT2D eigenvalue weighted by Crippen LogP contribution is 2.39. The third kappa shape index (κ3) is 5.53. The Kier molecular flexibility index (Phi) is 5.63. The van der Waals surface area contributed by atoms with Crippen LogP contribution in [0.25, 0.3) is 66.4 Å². The van der Waals surface area contributed by atoms with Gasteiger partial charge in [-0.25, -0.2) is 0 Å². The first kappa shape index (κ1) is 22.1. The molecule has 0 aliphatic carbocycles. The minimum Gasteiger partial charge on any atom is -0.455 e. The molecule has 2 nitrogen and oxygen atoms in total. The summed E-state index contributed by atoms with van der Waals surface area (Å²) in [6.45, 7) is 0. The topological polar surface area (TPSA) is 16.4 Å². The summed E-state index contributed by atoms with van der Waals surface area (Å²) in [5, 5.41) is 2.11. The Hall–Kier alpha value is -6.64. The van der Waals surface area contributed by atoms with Crippen molar-refractivity contribution in [2.24, 2.45) is 0 Å². The molecule has 0 radical (unpaired) electrons. The van der Waals surface area contributed by atoms with Crippen molar-refractivity contribution in [2.45, 2.75) is 0 Å². The maximum atomic E-state index is 9.27. The summed E-state index contributed by atoms with van der Waals surface area (Å²) in [6, 6.07) is 44.2. The molecule has 0 aliphatic rings. The van der Waals surface area contributed by atoms with Crippen molar-refractivity contribution in [3.63, 3.8) is 0 Å². The first-order valence-electron chi connectivity index (χ1n) is 20.4. The van der Waals surface area contributed by atoms with Gasteiger partial charge in [-0.1, -0.05) is 158 Å². The van der Waals surface area contributed by atoms with Crippen molar-refractivity contribution < 1.29 is 15.4 Å². The Balaban J connectivity index is 1.17. The molecule has 0 fully saturated rings. The summed E-state index contributed by atoms with van der Waals surface area (Å²) in [5.41, 5.74) is 6.57. The molecule has 0 unspecified atom stereocenters. The van der Waals surface area contributed by atoms with E-state index in [0.29, 0.717) is 16.8 Å². The van der Waals surface area contributed by atoms with Crippen LogP contribution in [0.2, 0.25) is 0 Å². The van der Waals surface area contributed by atoms with Crippen LogP contribution in [-0.4, -0.2) is 0 Å². The van der Waals surface area contributed by atoms with E-state index in [2.05, 4.69) is 12.1 Å². The van der Waals surface area contributed by atoms with Gasteiger partial charge < -0.3 is 9.32 Å². The van der Waals surface area contributed by atoms with Crippen LogP contribution in [0.1, 0.15) is 11.0 Å². The largest absolute Gasteiger partial charge is 0.455 e. The van der Waals surface area contributed by atoms with Gasteiger partial charge >= 0.3 is 0 Å². The van der Waals surface area contributed by atoms with Gasteiger partial charge in [0.1, 0.15) is 11.2 Å². The Morgan fingerprint density at radius 2 is 0.800 bits per heavy atom. The number of para-hydroxylation sites is 2. The average Bonchev–Trinajstić information content (AvgIpc) is 3.65. The second kappa shape index (κ2) is 12.8. The van der Waals surface area contributed by atoms with E-state index in [9.17, 15) is 5.48 Å². The normalized spacial score (nSPS) is 13.4. The van der Waals surface area contributed by atoms with Crippen molar-refractivity contribution in [3.05, 3.63) is 200 Å². The fraction of sp³-hybridized carbons (Fsp3) is 0. The number of hydrogen-bond donors (Lipinski definition) is 0. The fourth-order valence-electron chi connectivity index (χ4n) is 6.32. The smallest absolute Gasteiger partial charge is 0.143 e. The predicted molar refractivity (Wildman–Crippen MR) is 210 cm³/mol. The Morgan fingerprint density at radius 1 is 0.340 bits per heavy atom. The molecule has 0 bridgehead atoms. The first-order valence-corrected chi connectivity index (χ1v) is 16.4. The summed E-state index contributed by atoms with van der Waals surface area (Å²) in [6.07, 6.45) is 0. The zero-order valence-electron chi connectivity index (χ0n) is 34.8. The van der Waals surface area contributed by atoms with Crippen molar-refractivity contribution >= 4 is 39.0 Å². The number of fused-ring (bicyclic) bond motifs is 3. The molecule has 0 spiro atoms. The van der Waals surface area contributed by atoms with Gasteiger partial charge in [-0.3, -0.25) is 0 Å². The van der Waals surface area contributed by atoms with Gasteiger partial charge in [-0.2, -0.15) is 0 Å². The standard InChI is InChI=1S/C48H33NO/c1-3-10-34(11-4-1)37-22-28-41(29-23-37)49(42-30-24-38(25-31-42)35-12-5-2-6-13-35)43-32-26-39(27-33-43)36-18-20-40(21-19-36)44-15-9-16-46-45-14-7-8-17-47(45)50-48(44)46/h1-33H/i22D,23D,24D,25D,28D,29D,30D,31D. The third-order valence-electron chi connectivity index (χ3n) is 8.85. The lowest BCUT2D eigenvalue weighted by Crippen LogP contribution is -2.09. The fourth-order valence-corrected chi connectivity index (χ4v) is 6.32. The summed E-state index contributed by atoms with van der Waals surface area (Å²) in [5.74, 6) is 0. The van der Waals surface area contributed by atoms with Crippen LogP contribution in [0, 0.1) is 0 Å². The lowest BCUT2D eigenvalue weighted by Gasteiger charge is -2.26. The Labute approximate surface area is 303 Å². The van der Waals surface area contributed by atoms with Gasteiger partial charge in [0.05, 0.1) is 11.0 Å². The highest BCUT2D eigenvalue weighted by Gasteiger charge is 2.15. The molecule has 1 aromatic heterocycles. The molecule has 0 atom stereocenters. The monoisotopic (exact) mass is 647 g/mol. The predicted octanol–water partition coefficient (Wildman–Crippen LogP) is 13.7. The van der Waals surface area contributed by atoms with Crippen LogP contribution < -0.4 is 4.90 Å². The van der Waals surface area contributed by atoms with E-state index in [4.69, 9.17) is 9.90 Å². The van der Waals surface area contributed by atoms with Gasteiger partial charge in [0.2, 0.25) is 0 Å². The molecule has 236 valence electrons. The Bertz CT molecular complexity index is 2850. The molecule has 0 saturated carbocycles. The number of anilines is 3. The molecule has 50 heavy (non-hydrogen) atoms. The van der Waals surface area contributed by atoms with E-state index in [1.54, 1.807) is 72.8 Å². The molecule has 8 aromatic carbocycles. The van der Waals surface area contributed by atoms with E-state index in [-0.39, 0.29) is 70.8 Å². The second-order valence-electron chi connectivity index (χ2n) is 11.9. The van der Waals surface area contributed by atoms with E-state index in [1.807, 2.05) is 66.7 Å². The number of hydrogen-bond acceptors (Lipinski definition) is 2. The van der Waals surface area contributed by atoms with Gasteiger partial charge in [-0.15, -0.1) is 0 Å². The first-order chi connectivity index (χ1) is 28.1. The highest BCUT2D eigenvalue weighted by molar-refractivity contribution is 6.09. The van der Waals surface area contributed by atoms with Crippen molar-refractivity contribution in [1.82, 2.24) is 0 Å². The second-order valence-corrected chi connectivity index (χ2v) is 11.9. The van der Waals surface area contributed by atoms with Crippen LogP contribution >= 0.6 is 0 Å². The third-order valence-corrected chi connectivity index (χ3v) is 8.85. The SMILES string of the molecule is [2H]c1c([2H])c(N(c2ccc(-c3ccc(-c4cccc5c4oc4ccccc45)cc3)cc2)c2c([2H])c([2H])c(-c3ccccc3)c([2H])c2[2H])c([2H])c([2H])c1-c1ccccc1. The number of nitrogens with zero attached hydrogens (tertiary/aromatic N) is 1. The zero-order valence-corrected chi connectivity index (χ0v) is 26.8. The van der Waals surface area contributed by atoms with E-state index < -0.39 is 0 Å². The van der Waals surface area contributed by atoms with Gasteiger partial charge in [0.15, 0.2) is 0 Å². The lowest BCUT2D eigenvalue weighted by atomic mass is 9.98. The number of furan rings is 1. The molecular weight excluding hydrogens is 607 g/mol. The highest BCUT2D eigenvalue weighted by atomic mass is 16.3. The van der Waals surface area contributed by atoms with Crippen molar-refractivity contribution in [2.75, 3.05) is 4.90 Å². The van der Waals surface area contributed by atoms with Gasteiger partial charge in [-0.05, 0) is 81.3 Å². The summed E-state index contributed by atoms with van der Waals surface area (Å²) in [7, 11) is 0. The molecule has 9 rings (SSSR count). The van der Waals surface area contributed by atoms with E-state index in [0.717, 1.165) is 44.2 Å². The van der Waals surface area contributed by atoms with E-state index in [1.165, 1.54) is 4.90 Å². The van der Waals surface area contributed by atoms with E-state index >= 15 is 0 Å². The summed E-state index contributed by atoms with van der Waals surface area (Å²) >= 11 is 0. The van der Waals surface area contributed by atoms with Crippen LogP contribution in [0.15, 0.2) is 204 Å². The van der Waals surface area contributed by atoms with Crippen LogP contribution in [0.5, 0.6) is 0 Å². The molecule has 0 aliphatic heterocycles. The molecule has 0 amide bonds. The number of rotatable bonds is 7. The van der Waals surface area contributed by atoms with Crippen LogP contribution in [-0.2, 0) is 0 Å². The lowest BCUT2D eigenvalue weighted by molar-refractivity contribution is 0.670. The van der Waals surface area contributed by atoms with Crippen LogP contribution in [0.4, 0.5) is 17.1 Å². The van der Waals surface area contributed by atoms with Crippen LogP contribution in [0.3, 0.4) is 0 Å². The maximum Gasteiger partial charge on any atom is 0.143 e. The zero-order chi connectivity index (χ0) is 40.2. The molecule has 9 aromatic rings. The minimum atomic E-state index is -0.386. The average molecular weight is 648 g/mol. The maximum absolute atomic E-state index is 9.27. The van der Waals surface area contributed by atoms with Gasteiger partial charge in [0, 0.05) is 33.4 Å². The number of benzene rings is 8. The summed E-state index contributed by atoms with van der Waals surface area (Å²) < 4.78 is 79.7. The molecule has 2 heteroatoms. The van der Waals surface area contributed by atoms with Gasteiger partial charge in [0.25, 0.3) is 0 Å². The molecule has 0 N–H and O–H groups in total. The molecule has 1 heterocycles. The molecular formula is C48H33NO. The molecule has 0 saturated heterocycles. The quantitative estimate of drug-likeness (QED) is 0.171. The van der Waals surface area contributed by atoms with Crippen molar-refractivity contribution in [1.29, 1.82) is 0 Å².